The summed E-state index contributed by atoms with van der Waals surface area (Å²) < 4.78 is 83.0. The Morgan fingerprint density at radius 3 is 2.11 bits per heavy atom. The van der Waals surface area contributed by atoms with Crippen molar-refractivity contribution in [2.45, 2.75) is 31.0 Å². The van der Waals surface area contributed by atoms with E-state index in [0.29, 0.717) is 0 Å². The van der Waals surface area contributed by atoms with Gasteiger partial charge in [-0.3, -0.25) is 4.57 Å². The van der Waals surface area contributed by atoms with Gasteiger partial charge in [0.05, 0.1) is 17.0 Å². The number of rotatable bonds is 7. The average Bonchev–Trinajstić information content (AvgIpc) is 2.84. The molecule has 3 rings (SSSR count). The molecule has 0 amide bonds. The first-order valence-corrected chi connectivity index (χ1v) is 12.4. The molecule has 0 aliphatic rings. The highest BCUT2D eigenvalue weighted by Gasteiger charge is 2.62. The van der Waals surface area contributed by atoms with E-state index in [-0.39, 0.29) is 11.6 Å². The molecule has 0 radical (unpaired) electrons. The third kappa shape index (κ3) is 5.20. The van der Waals surface area contributed by atoms with Crippen molar-refractivity contribution in [1.29, 1.82) is 0 Å². The summed E-state index contributed by atoms with van der Waals surface area (Å²) in [6, 6.07) is 7.29. The molecule has 6 nitrogen and oxygen atoms in total. The highest BCUT2D eigenvalue weighted by atomic mass is 31.1. The fraction of sp³-hybridized carbons (Fsp3) is 0.231. The predicted molar refractivity (Wildman–Crippen MR) is 128 cm³/mol. The van der Waals surface area contributed by atoms with Gasteiger partial charge in [0.1, 0.15) is 11.4 Å². The zero-order valence-electron chi connectivity index (χ0n) is 19.9. The molecule has 1 aromatic heterocycles. The van der Waals surface area contributed by atoms with Crippen LogP contribution in [0.15, 0.2) is 48.5 Å². The van der Waals surface area contributed by atoms with Gasteiger partial charge in [0.15, 0.2) is 23.3 Å². The monoisotopic (exact) mass is 553 g/mol. The minimum absolute atomic E-state index is 0.0161. The van der Waals surface area contributed by atoms with Gasteiger partial charge in [-0.1, -0.05) is 43.9 Å². The Morgan fingerprint density at radius 2 is 1.61 bits per heavy atom. The second-order valence-electron chi connectivity index (χ2n) is 8.70. The summed E-state index contributed by atoms with van der Waals surface area (Å²) in [4.78, 5) is 26.8. The normalized spacial score (nSPS) is 15.2. The van der Waals surface area contributed by atoms with E-state index in [0.717, 1.165) is 30.3 Å². The Hall–Kier alpha value is -3.58. The molecule has 3 atom stereocenters. The molecule has 0 aliphatic carbocycles. The van der Waals surface area contributed by atoms with Gasteiger partial charge in [-0.25, -0.2) is 31.7 Å². The number of benzene rings is 2. The van der Waals surface area contributed by atoms with Crippen LogP contribution in [0.2, 0.25) is 0 Å². The van der Waals surface area contributed by atoms with Crippen LogP contribution in [0, 0.1) is 46.8 Å². The third-order valence-electron chi connectivity index (χ3n) is 5.72. The van der Waals surface area contributed by atoms with Crippen molar-refractivity contribution in [3.63, 3.8) is 0 Å². The molecule has 12 heteroatoms. The quantitative estimate of drug-likeness (QED) is 0.168. The van der Waals surface area contributed by atoms with E-state index in [4.69, 9.17) is 0 Å². The molecule has 200 valence electrons. The molecule has 0 spiro atoms. The number of carbonyl (C=O) groups is 1. The van der Waals surface area contributed by atoms with Gasteiger partial charge in [-0.05, 0) is 29.8 Å². The van der Waals surface area contributed by atoms with Crippen LogP contribution in [0.3, 0.4) is 0 Å². The summed E-state index contributed by atoms with van der Waals surface area (Å²) >= 11 is 0. The molecular weight excluding hydrogens is 532 g/mol. The van der Waals surface area contributed by atoms with Gasteiger partial charge in [-0.15, -0.1) is 0 Å². The number of hydrogen-bond acceptors (Lipinski definition) is 4. The molecule has 0 saturated heterocycles. The fourth-order valence-electron chi connectivity index (χ4n) is 3.82. The van der Waals surface area contributed by atoms with E-state index >= 15 is 0 Å². The number of aliphatic carboxylic acids is 1. The Morgan fingerprint density at radius 1 is 1.03 bits per heavy atom. The van der Waals surface area contributed by atoms with Crippen molar-refractivity contribution in [3.8, 4) is 23.1 Å². The molecule has 2 aromatic carbocycles. The predicted octanol–water partition coefficient (Wildman–Crippen LogP) is 4.82. The van der Waals surface area contributed by atoms with Crippen molar-refractivity contribution in [2.75, 3.05) is 0 Å². The van der Waals surface area contributed by atoms with Crippen LogP contribution in [0.1, 0.15) is 25.1 Å². The lowest BCUT2D eigenvalue weighted by atomic mass is 9.78. The summed E-state index contributed by atoms with van der Waals surface area (Å²) in [7, 11) is -4.32. The maximum Gasteiger partial charge on any atom is 0.335 e. The Labute approximate surface area is 214 Å². The van der Waals surface area contributed by atoms with Gasteiger partial charge in [0.25, 0.3) is 0 Å². The molecule has 3 N–H and O–H groups in total. The summed E-state index contributed by atoms with van der Waals surface area (Å²) in [5.74, 6) is -5.64. The van der Waals surface area contributed by atoms with E-state index in [1.54, 1.807) is 13.8 Å². The highest BCUT2D eigenvalue weighted by Crippen LogP contribution is 2.50. The topological polar surface area (TPSA) is 108 Å². The van der Waals surface area contributed by atoms with Crippen LogP contribution in [0.4, 0.5) is 22.0 Å². The first-order chi connectivity index (χ1) is 17.7. The smallest absolute Gasteiger partial charge is 0.335 e. The van der Waals surface area contributed by atoms with Crippen molar-refractivity contribution < 1.29 is 46.4 Å². The number of aliphatic hydroxyl groups is 1. The first kappa shape index (κ1) is 29.0. The van der Waals surface area contributed by atoms with Crippen molar-refractivity contribution in [2.24, 2.45) is 5.92 Å². The lowest BCUT2D eigenvalue weighted by molar-refractivity contribution is -0.146. The number of aromatic nitrogens is 1. The highest BCUT2D eigenvalue weighted by molar-refractivity contribution is 7.42. The maximum absolute atomic E-state index is 14.5. The number of pyridine rings is 1. The largest absolute Gasteiger partial charge is 0.480 e. The summed E-state index contributed by atoms with van der Waals surface area (Å²) in [5.41, 5.74) is -5.59. The summed E-state index contributed by atoms with van der Waals surface area (Å²) in [6.07, 6.45) is -0.776. The van der Waals surface area contributed by atoms with E-state index in [1.807, 2.05) is 0 Å². The molecular formula is C26H21F5NO5P. The van der Waals surface area contributed by atoms with Gasteiger partial charge in [-0.2, -0.15) is 0 Å². The van der Waals surface area contributed by atoms with E-state index in [9.17, 15) is 46.4 Å². The number of halogens is 5. The van der Waals surface area contributed by atoms with Crippen molar-refractivity contribution >= 4 is 14.0 Å². The molecule has 0 aliphatic heterocycles. The van der Waals surface area contributed by atoms with E-state index in [1.165, 1.54) is 12.1 Å². The Bertz CT molecular complexity index is 1430. The van der Waals surface area contributed by atoms with E-state index < -0.39 is 83.1 Å². The number of nitrogens with zero attached hydrogens (tertiary/aromatic N) is 1. The van der Waals surface area contributed by atoms with Crippen molar-refractivity contribution in [3.05, 3.63) is 88.9 Å². The third-order valence-corrected chi connectivity index (χ3v) is 7.12. The second-order valence-corrected chi connectivity index (χ2v) is 10.1. The summed E-state index contributed by atoms with van der Waals surface area (Å²) in [5, 5.41) is 19.0. The van der Waals surface area contributed by atoms with Gasteiger partial charge in [0.2, 0.25) is 13.2 Å². The molecule has 38 heavy (non-hydrogen) atoms. The lowest BCUT2D eigenvalue weighted by Crippen LogP contribution is -2.56. The zero-order chi connectivity index (χ0) is 28.4. The van der Waals surface area contributed by atoms with Gasteiger partial charge in [0, 0.05) is 18.4 Å². The summed E-state index contributed by atoms with van der Waals surface area (Å²) in [6.45, 7) is 3.10. The molecule has 3 aromatic rings. The van der Waals surface area contributed by atoms with Crippen LogP contribution in [0.5, 0.6) is 0 Å². The van der Waals surface area contributed by atoms with Crippen LogP contribution in [-0.4, -0.2) is 31.2 Å². The molecule has 0 saturated carbocycles. The Balaban J connectivity index is 2.40. The van der Waals surface area contributed by atoms with Crippen LogP contribution in [0.25, 0.3) is 11.3 Å². The molecule has 3 unspecified atom stereocenters. The maximum atomic E-state index is 14.5. The SMILES string of the molecule is CC(C)C#CC(C(=O)O)([PH](=O)O)C(O)(Cc1ccc(F)cc1)c1cccc(-c2c(F)c(F)cc(F)c2F)n1. The number of hydrogen-bond donors (Lipinski definition) is 3. The first-order valence-electron chi connectivity index (χ1n) is 11.0. The molecule has 1 heterocycles. The zero-order valence-corrected chi connectivity index (χ0v) is 20.9. The average molecular weight is 553 g/mol. The minimum atomic E-state index is -4.32. The number of carboxylic acids is 1. The standard InChI is InChI=1S/C26H21F5NO5P/c1-14(2)10-11-26(24(33)34,38(36)37)25(35,13-15-6-8-16(27)9-7-15)20-5-3-4-19(32-20)21-22(30)17(28)12-18(29)23(21)31/h3-9,12,14,35,38H,13H2,1-2H3,(H,33,34)(H,36,37). The fourth-order valence-corrected chi connectivity index (χ4v) is 4.76. The van der Waals surface area contributed by atoms with E-state index in [2.05, 4.69) is 16.8 Å². The lowest BCUT2D eigenvalue weighted by Gasteiger charge is -2.39. The number of carboxylic acid groups (broad SMARTS) is 1. The minimum Gasteiger partial charge on any atom is -0.480 e. The van der Waals surface area contributed by atoms with Crippen molar-refractivity contribution in [1.82, 2.24) is 4.98 Å². The Kier molecular flexibility index (Phi) is 8.42. The van der Waals surface area contributed by atoms with Gasteiger partial charge >= 0.3 is 5.97 Å². The molecule has 0 bridgehead atoms. The second kappa shape index (κ2) is 11.0. The van der Waals surface area contributed by atoms with Crippen LogP contribution in [-0.2, 0) is 21.4 Å². The molecule has 0 fully saturated rings. The van der Waals surface area contributed by atoms with Crippen LogP contribution < -0.4 is 0 Å². The van der Waals surface area contributed by atoms with Gasteiger partial charge < -0.3 is 15.1 Å². The van der Waals surface area contributed by atoms with Crippen LogP contribution >= 0.6 is 8.03 Å².